The van der Waals surface area contributed by atoms with Crippen molar-refractivity contribution in [3.8, 4) is 17.2 Å². The Kier molecular flexibility index (Phi) is 11.3. The molecule has 14 unspecified atom stereocenters. The molecule has 16 heteroatoms. The number of aliphatic hydroxyl groups is 4. The van der Waals surface area contributed by atoms with Gasteiger partial charge in [0.25, 0.3) is 0 Å². The minimum Gasteiger partial charge on any atom is -0.507 e. The Labute approximate surface area is 324 Å². The van der Waals surface area contributed by atoms with Gasteiger partial charge in [0.1, 0.15) is 35.6 Å². The van der Waals surface area contributed by atoms with Crippen LogP contribution in [0.4, 0.5) is 0 Å². The molecule has 56 heavy (non-hydrogen) atoms. The van der Waals surface area contributed by atoms with Gasteiger partial charge in [-0.1, -0.05) is 19.1 Å². The van der Waals surface area contributed by atoms with Gasteiger partial charge < -0.3 is 69.1 Å². The molecule has 0 aromatic heterocycles. The molecule has 7 N–H and O–H groups in total. The third kappa shape index (κ3) is 7.02. The van der Waals surface area contributed by atoms with Gasteiger partial charge in [-0.05, 0) is 53.8 Å². The summed E-state index contributed by atoms with van der Waals surface area (Å²) in [7, 11) is 3.71. The fourth-order valence-electron chi connectivity index (χ4n) is 8.98. The molecule has 5 aliphatic rings. The van der Waals surface area contributed by atoms with Gasteiger partial charge in [-0.25, -0.2) is 0 Å². The number of fused-ring (bicyclic) bond motifs is 3. The van der Waals surface area contributed by atoms with E-state index in [1.54, 1.807) is 27.7 Å². The normalized spacial score (nSPS) is 38.6. The van der Waals surface area contributed by atoms with Crippen LogP contribution in [-0.4, -0.2) is 140 Å². The lowest BCUT2D eigenvalue weighted by Gasteiger charge is -2.48. The average molecular weight is 788 g/mol. The van der Waals surface area contributed by atoms with Crippen molar-refractivity contribution >= 4 is 11.6 Å². The first-order chi connectivity index (χ1) is 26.4. The first-order valence-electron chi connectivity index (χ1n) is 19.3. The molecule has 16 nitrogen and oxygen atoms in total. The van der Waals surface area contributed by atoms with E-state index >= 15 is 0 Å². The number of aromatic hydroxyl groups is 3. The highest BCUT2D eigenvalue weighted by molar-refractivity contribution is 6.31. The number of ketones is 2. The maximum Gasteiger partial charge on any atom is 0.202 e. The number of carbonyl (C=O) groups is 2. The predicted octanol–water partition coefficient (Wildman–Crippen LogP) is 2.43. The molecule has 0 radical (unpaired) electrons. The average Bonchev–Trinajstić information content (AvgIpc) is 3.14. The lowest BCUT2D eigenvalue weighted by Crippen LogP contribution is -2.58. The number of carbonyl (C=O) groups excluding carboxylic acids is 2. The highest BCUT2D eigenvalue weighted by atomic mass is 16.7. The Hall–Kier alpha value is -3.26. The molecular formula is C40H53NO15. The van der Waals surface area contributed by atoms with Crippen LogP contribution >= 0.6 is 0 Å². The largest absolute Gasteiger partial charge is 0.507 e. The molecule has 308 valence electrons. The molecule has 7 rings (SSSR count). The molecule has 3 aliphatic heterocycles. The lowest BCUT2D eigenvalue weighted by atomic mass is 9.70. The van der Waals surface area contributed by atoms with Gasteiger partial charge in [0, 0.05) is 48.4 Å². The second-order valence-corrected chi connectivity index (χ2v) is 16.0. The monoisotopic (exact) mass is 787 g/mol. The van der Waals surface area contributed by atoms with Gasteiger partial charge in [-0.2, -0.15) is 0 Å². The number of hydrogen-bond acceptors (Lipinski definition) is 16. The summed E-state index contributed by atoms with van der Waals surface area (Å²) < 4.78 is 37.4. The van der Waals surface area contributed by atoms with Crippen LogP contribution in [0, 0.1) is 0 Å². The maximum absolute atomic E-state index is 13.8. The summed E-state index contributed by atoms with van der Waals surface area (Å²) >= 11 is 0. The Morgan fingerprint density at radius 2 is 1.36 bits per heavy atom. The molecule has 2 aromatic rings. The second-order valence-electron chi connectivity index (χ2n) is 16.0. The SMILES string of the molecule is CCC1(O)CC(OC2CC(N(C)C)C(OC3CC(O)C(OC4CCC(O)C(C)O4)C(C)O3)C(C)O2)c2c(O)c3c(c(O)c2C1O)C(=O)c1cccc(O)c1C3=O. The van der Waals surface area contributed by atoms with E-state index in [0.717, 1.165) is 0 Å². The zero-order valence-corrected chi connectivity index (χ0v) is 32.3. The minimum absolute atomic E-state index is 0.0000126. The maximum atomic E-state index is 13.8. The smallest absolute Gasteiger partial charge is 0.202 e. The molecular weight excluding hydrogens is 734 g/mol. The van der Waals surface area contributed by atoms with Crippen molar-refractivity contribution in [1.29, 1.82) is 0 Å². The number of likely N-dealkylation sites (N-methyl/N-ethyl adjacent to an activating group) is 1. The van der Waals surface area contributed by atoms with Crippen LogP contribution in [-0.2, 0) is 28.4 Å². The Morgan fingerprint density at radius 1 is 0.750 bits per heavy atom. The quantitative estimate of drug-likeness (QED) is 0.163. The standard InChI is InChI=1S/C40H53NO15/c1-7-40(50)15-24(29-32(39(40)49)36(48)30-31(35(29)47)34(46)28-19(33(30)45)9-8-10-22(28)43)54-26-13-20(41(5)6)37(17(3)52-26)56-27-14-23(44)38(18(4)53-27)55-25-12-11-21(42)16(2)51-25/h8-10,16-18,20-21,23-27,37-39,42-44,47-50H,7,11-15H2,1-6H3. The van der Waals surface area contributed by atoms with Crippen LogP contribution in [0.15, 0.2) is 18.2 Å². The molecule has 0 spiro atoms. The molecule has 3 fully saturated rings. The molecule has 0 amide bonds. The highest BCUT2D eigenvalue weighted by Gasteiger charge is 2.52. The van der Waals surface area contributed by atoms with Gasteiger partial charge in [-0.15, -0.1) is 0 Å². The van der Waals surface area contributed by atoms with E-state index in [0.29, 0.717) is 12.8 Å². The van der Waals surface area contributed by atoms with Gasteiger partial charge in [0.2, 0.25) is 5.78 Å². The summed E-state index contributed by atoms with van der Waals surface area (Å²) in [4.78, 5) is 29.4. The van der Waals surface area contributed by atoms with Crippen molar-refractivity contribution in [3.05, 3.63) is 51.6 Å². The number of phenols is 3. The van der Waals surface area contributed by atoms with Gasteiger partial charge in [-0.3, -0.25) is 9.59 Å². The van der Waals surface area contributed by atoms with Crippen molar-refractivity contribution in [2.45, 2.75) is 152 Å². The van der Waals surface area contributed by atoms with E-state index in [9.17, 15) is 45.3 Å². The highest BCUT2D eigenvalue weighted by Crippen LogP contribution is 2.56. The van der Waals surface area contributed by atoms with Crippen molar-refractivity contribution < 1.29 is 73.8 Å². The van der Waals surface area contributed by atoms with Crippen LogP contribution in [0.5, 0.6) is 17.2 Å². The second kappa shape index (κ2) is 15.5. The van der Waals surface area contributed by atoms with Crippen LogP contribution in [0.2, 0.25) is 0 Å². The van der Waals surface area contributed by atoms with Gasteiger partial charge in [0.05, 0.1) is 58.9 Å². The molecule has 3 saturated heterocycles. The number of hydrogen-bond donors (Lipinski definition) is 7. The first kappa shape index (κ1) is 40.9. The summed E-state index contributed by atoms with van der Waals surface area (Å²) in [6.45, 7) is 6.97. The predicted molar refractivity (Wildman–Crippen MR) is 194 cm³/mol. The molecule has 0 saturated carbocycles. The summed E-state index contributed by atoms with van der Waals surface area (Å²) in [6.07, 6.45) is -8.70. The number of phenolic OH excluding ortho intramolecular Hbond substituents is 3. The van der Waals surface area contributed by atoms with Crippen molar-refractivity contribution in [2.75, 3.05) is 14.1 Å². The molecule has 2 aliphatic carbocycles. The van der Waals surface area contributed by atoms with Gasteiger partial charge in [0.15, 0.2) is 24.7 Å². The first-order valence-corrected chi connectivity index (χ1v) is 19.3. The summed E-state index contributed by atoms with van der Waals surface area (Å²) in [5.74, 6) is -3.72. The Balaban J connectivity index is 1.11. The van der Waals surface area contributed by atoms with Crippen LogP contribution in [0.3, 0.4) is 0 Å². The van der Waals surface area contributed by atoms with Crippen LogP contribution in [0.25, 0.3) is 0 Å². The van der Waals surface area contributed by atoms with E-state index in [1.165, 1.54) is 18.2 Å². The zero-order valence-electron chi connectivity index (χ0n) is 32.3. The number of aliphatic hydroxyl groups excluding tert-OH is 3. The Morgan fingerprint density at radius 3 is 2.00 bits per heavy atom. The van der Waals surface area contributed by atoms with Crippen molar-refractivity contribution in [1.82, 2.24) is 4.90 Å². The third-order valence-corrected chi connectivity index (χ3v) is 12.2. The minimum atomic E-state index is -1.87. The summed E-state index contributed by atoms with van der Waals surface area (Å²) in [5, 5.41) is 78.3. The number of ether oxygens (including phenoxy) is 6. The lowest BCUT2D eigenvalue weighted by molar-refractivity contribution is -0.328. The van der Waals surface area contributed by atoms with Gasteiger partial charge >= 0.3 is 0 Å². The topological polar surface area (TPSA) is 234 Å². The molecule has 0 bridgehead atoms. The van der Waals surface area contributed by atoms with Crippen LogP contribution in [0.1, 0.15) is 121 Å². The van der Waals surface area contributed by atoms with E-state index in [4.69, 9.17) is 28.4 Å². The molecule has 3 heterocycles. The number of rotatable bonds is 8. The number of benzene rings is 2. The molecule has 14 atom stereocenters. The number of nitrogens with zero attached hydrogens (tertiary/aromatic N) is 1. The Bertz CT molecular complexity index is 1830. The fourth-order valence-corrected chi connectivity index (χ4v) is 8.98. The van der Waals surface area contributed by atoms with E-state index in [-0.39, 0.29) is 54.0 Å². The van der Waals surface area contributed by atoms with E-state index < -0.39 is 119 Å². The zero-order chi connectivity index (χ0) is 40.5. The van der Waals surface area contributed by atoms with Crippen molar-refractivity contribution in [3.63, 3.8) is 0 Å². The van der Waals surface area contributed by atoms with E-state index in [1.807, 2.05) is 19.0 Å². The molecule has 2 aromatic carbocycles. The summed E-state index contributed by atoms with van der Waals surface area (Å²) in [6, 6.07) is 3.57. The summed E-state index contributed by atoms with van der Waals surface area (Å²) in [5.41, 5.74) is -3.99. The van der Waals surface area contributed by atoms with Crippen molar-refractivity contribution in [2.24, 2.45) is 0 Å². The van der Waals surface area contributed by atoms with E-state index in [2.05, 4.69) is 0 Å². The fraction of sp³-hybridized carbons (Fsp3) is 0.650. The third-order valence-electron chi connectivity index (χ3n) is 12.2. The van der Waals surface area contributed by atoms with Crippen LogP contribution < -0.4 is 0 Å².